The van der Waals surface area contributed by atoms with Gasteiger partial charge in [-0.05, 0) is 105 Å². The van der Waals surface area contributed by atoms with E-state index in [9.17, 15) is 4.79 Å². The van der Waals surface area contributed by atoms with Gasteiger partial charge in [-0.25, -0.2) is 0 Å². The summed E-state index contributed by atoms with van der Waals surface area (Å²) in [7, 11) is 0. The van der Waals surface area contributed by atoms with E-state index in [4.69, 9.17) is 16.1 Å². The lowest BCUT2D eigenvalue weighted by molar-refractivity contribution is -0.0697. The quantitative estimate of drug-likeness (QED) is 0.413. The maximum absolute atomic E-state index is 13.5. The van der Waals surface area contributed by atoms with E-state index in [0.29, 0.717) is 28.6 Å². The van der Waals surface area contributed by atoms with Gasteiger partial charge < -0.3 is 9.84 Å². The Bertz CT molecular complexity index is 1300. The number of aryl methyl sites for hydroxylation is 3. The Kier molecular flexibility index (Phi) is 5.37. The van der Waals surface area contributed by atoms with Crippen molar-refractivity contribution < 1.29 is 9.32 Å². The Labute approximate surface area is 212 Å². The normalized spacial score (nSPS) is 28.9. The maximum atomic E-state index is 13.5. The molecule has 7 rings (SSSR count). The lowest BCUT2D eigenvalue weighted by Gasteiger charge is -2.62. The van der Waals surface area contributed by atoms with E-state index in [1.807, 2.05) is 24.3 Å². The molecule has 0 spiro atoms. The smallest absolute Gasteiger partial charge is 0.257 e. The van der Waals surface area contributed by atoms with E-state index in [2.05, 4.69) is 42.5 Å². The molecule has 35 heavy (non-hydrogen) atoms. The highest BCUT2D eigenvalue weighted by molar-refractivity contribution is 6.33. The third-order valence-electron chi connectivity index (χ3n) is 9.14. The summed E-state index contributed by atoms with van der Waals surface area (Å²) in [6.45, 7) is 6.92. The van der Waals surface area contributed by atoms with Crippen LogP contribution in [0, 0.1) is 38.0 Å². The number of amides is 1. The number of benzene rings is 2. The summed E-state index contributed by atoms with van der Waals surface area (Å²) in [6.07, 6.45) is 7.54. The zero-order valence-corrected chi connectivity index (χ0v) is 21.5. The molecule has 2 aromatic carbocycles. The highest BCUT2D eigenvalue weighted by Crippen LogP contribution is 2.65. The molecule has 1 aromatic heterocycles. The predicted octanol–water partition coefficient (Wildman–Crippen LogP) is 7.19. The summed E-state index contributed by atoms with van der Waals surface area (Å²) < 4.78 is 5.45. The number of rotatable bonds is 5. The van der Waals surface area contributed by atoms with Gasteiger partial charge in [-0.1, -0.05) is 53.2 Å². The molecule has 0 radical (unpaired) electrons. The van der Waals surface area contributed by atoms with Crippen molar-refractivity contribution in [3.63, 3.8) is 0 Å². The molecule has 3 aromatic rings. The summed E-state index contributed by atoms with van der Waals surface area (Å²) >= 11 is 6.41. The Morgan fingerprint density at radius 3 is 2.51 bits per heavy atom. The number of carbonyl (C=O) groups is 1. The second-order valence-corrected chi connectivity index (χ2v) is 12.1. The van der Waals surface area contributed by atoms with Gasteiger partial charge in [0, 0.05) is 12.1 Å². The molecular formula is C30H33ClN2O2. The van der Waals surface area contributed by atoms with Gasteiger partial charge in [0.05, 0.1) is 5.02 Å². The van der Waals surface area contributed by atoms with Crippen LogP contribution in [0.4, 0.5) is 0 Å². The molecule has 4 aliphatic carbocycles. The molecule has 1 heterocycles. The fraction of sp³-hybridized carbons (Fsp3) is 0.467. The molecule has 2 atom stereocenters. The summed E-state index contributed by atoms with van der Waals surface area (Å²) in [5.74, 6) is 1.92. The summed E-state index contributed by atoms with van der Waals surface area (Å²) in [6, 6.07) is 14.6. The number of aromatic nitrogens is 1. The zero-order valence-electron chi connectivity index (χ0n) is 20.8. The van der Waals surface area contributed by atoms with Crippen LogP contribution in [0.2, 0.25) is 5.02 Å². The van der Waals surface area contributed by atoms with Crippen molar-refractivity contribution in [2.24, 2.45) is 17.3 Å². The summed E-state index contributed by atoms with van der Waals surface area (Å²) in [5.41, 5.74) is 6.40. The molecule has 1 N–H and O–H groups in total. The molecule has 4 nitrogen and oxygen atoms in total. The molecule has 0 aliphatic heterocycles. The van der Waals surface area contributed by atoms with Crippen LogP contribution in [-0.4, -0.2) is 17.6 Å². The number of nitrogens with zero attached hydrogens (tertiary/aromatic N) is 1. The van der Waals surface area contributed by atoms with Crippen LogP contribution in [0.25, 0.3) is 11.3 Å². The minimum absolute atomic E-state index is 0.116. The van der Waals surface area contributed by atoms with Crippen LogP contribution in [0.5, 0.6) is 0 Å². The van der Waals surface area contributed by atoms with E-state index in [1.54, 1.807) is 6.92 Å². The van der Waals surface area contributed by atoms with Gasteiger partial charge in [0.25, 0.3) is 5.91 Å². The highest BCUT2D eigenvalue weighted by atomic mass is 35.5. The van der Waals surface area contributed by atoms with Gasteiger partial charge in [0.2, 0.25) is 0 Å². The first-order valence-electron chi connectivity index (χ1n) is 12.8. The Hall–Kier alpha value is -2.59. The number of halogens is 1. The minimum Gasteiger partial charge on any atom is -0.360 e. The van der Waals surface area contributed by atoms with E-state index in [0.717, 1.165) is 23.8 Å². The summed E-state index contributed by atoms with van der Waals surface area (Å²) in [4.78, 5) is 13.5. The van der Waals surface area contributed by atoms with E-state index >= 15 is 0 Å². The lowest BCUT2D eigenvalue weighted by Crippen LogP contribution is -2.57. The number of hydrogen-bond donors (Lipinski definition) is 1. The standard InChI is InChI=1S/C30H33ClN2O2/c1-18-8-9-23(10-19(18)2)30-14-21-11-22(15-30)13-29(12-21,16-30)17-32-28(34)26-20(3)35-33-27(26)24-6-4-5-7-25(24)31/h4-10,21-22H,11-17H2,1-3H3,(H,32,34). The first kappa shape index (κ1) is 22.8. The van der Waals surface area contributed by atoms with Gasteiger partial charge in [-0.15, -0.1) is 0 Å². The van der Waals surface area contributed by atoms with Crippen molar-refractivity contribution >= 4 is 17.5 Å². The van der Waals surface area contributed by atoms with Crippen LogP contribution >= 0.6 is 11.6 Å². The van der Waals surface area contributed by atoms with Gasteiger partial charge in [-0.3, -0.25) is 4.79 Å². The lowest BCUT2D eigenvalue weighted by atomic mass is 9.43. The van der Waals surface area contributed by atoms with E-state index in [-0.39, 0.29) is 16.7 Å². The molecule has 4 bridgehead atoms. The molecule has 2 unspecified atom stereocenters. The van der Waals surface area contributed by atoms with Gasteiger partial charge >= 0.3 is 0 Å². The monoisotopic (exact) mass is 488 g/mol. The fourth-order valence-electron chi connectivity index (χ4n) is 7.90. The largest absolute Gasteiger partial charge is 0.360 e. The number of nitrogens with one attached hydrogen (secondary N) is 1. The van der Waals surface area contributed by atoms with Gasteiger partial charge in [0.15, 0.2) is 0 Å². The molecule has 1 amide bonds. The molecule has 0 saturated heterocycles. The minimum atomic E-state index is -0.116. The molecule has 4 saturated carbocycles. The third kappa shape index (κ3) is 3.81. The second-order valence-electron chi connectivity index (χ2n) is 11.7. The van der Waals surface area contributed by atoms with Crippen LogP contribution < -0.4 is 5.32 Å². The number of carbonyl (C=O) groups excluding carboxylic acids is 1. The topological polar surface area (TPSA) is 55.1 Å². The average molecular weight is 489 g/mol. The molecule has 5 heteroatoms. The Balaban J connectivity index is 1.27. The zero-order chi connectivity index (χ0) is 24.4. The van der Waals surface area contributed by atoms with Crippen LogP contribution in [0.3, 0.4) is 0 Å². The van der Waals surface area contributed by atoms with Crippen LogP contribution in [0.15, 0.2) is 47.0 Å². The van der Waals surface area contributed by atoms with Crippen molar-refractivity contribution in [1.82, 2.24) is 10.5 Å². The third-order valence-corrected chi connectivity index (χ3v) is 9.47. The fourth-order valence-corrected chi connectivity index (χ4v) is 8.13. The van der Waals surface area contributed by atoms with Crippen molar-refractivity contribution in [1.29, 1.82) is 0 Å². The second kappa shape index (κ2) is 8.23. The van der Waals surface area contributed by atoms with E-state index < -0.39 is 0 Å². The van der Waals surface area contributed by atoms with Crippen molar-refractivity contribution in [3.8, 4) is 11.3 Å². The van der Waals surface area contributed by atoms with Gasteiger partial charge in [-0.2, -0.15) is 0 Å². The molecular weight excluding hydrogens is 456 g/mol. The first-order chi connectivity index (χ1) is 16.8. The Morgan fingerprint density at radius 1 is 1.06 bits per heavy atom. The summed E-state index contributed by atoms with van der Waals surface area (Å²) in [5, 5.41) is 8.07. The number of hydrogen-bond acceptors (Lipinski definition) is 3. The SMILES string of the molecule is Cc1ccc(C23CC4CC(CC(CNC(=O)c5c(-c6ccccc6Cl)noc5C)(C4)C2)C3)cc1C. The average Bonchev–Trinajstić information content (AvgIpc) is 3.20. The van der Waals surface area contributed by atoms with Crippen LogP contribution in [-0.2, 0) is 5.41 Å². The first-order valence-corrected chi connectivity index (χ1v) is 13.2. The van der Waals surface area contributed by atoms with Gasteiger partial charge in [0.1, 0.15) is 17.0 Å². The van der Waals surface area contributed by atoms with Crippen molar-refractivity contribution in [3.05, 3.63) is 75.5 Å². The molecule has 4 fully saturated rings. The van der Waals surface area contributed by atoms with Crippen molar-refractivity contribution in [2.45, 2.75) is 64.7 Å². The molecule has 182 valence electrons. The van der Waals surface area contributed by atoms with E-state index in [1.165, 1.54) is 48.8 Å². The van der Waals surface area contributed by atoms with Crippen molar-refractivity contribution in [2.75, 3.05) is 6.54 Å². The molecule has 4 aliphatic rings. The predicted molar refractivity (Wildman–Crippen MR) is 139 cm³/mol. The Morgan fingerprint density at radius 2 is 1.80 bits per heavy atom. The highest BCUT2D eigenvalue weighted by Gasteiger charge is 2.58. The van der Waals surface area contributed by atoms with Crippen LogP contribution in [0.1, 0.15) is 71.3 Å². The maximum Gasteiger partial charge on any atom is 0.257 e.